The lowest BCUT2D eigenvalue weighted by Crippen LogP contribution is -2.26. The van der Waals surface area contributed by atoms with Crippen LogP contribution in [-0.4, -0.2) is 38.2 Å². The first kappa shape index (κ1) is 31.9. The highest BCUT2D eigenvalue weighted by atomic mass is 16.5. The molecule has 5 nitrogen and oxygen atoms in total. The maximum Gasteiger partial charge on any atom is 0.305 e. The summed E-state index contributed by atoms with van der Waals surface area (Å²) >= 11 is 0. The van der Waals surface area contributed by atoms with Gasteiger partial charge in [-0.05, 0) is 12.8 Å². The quantitative estimate of drug-likeness (QED) is 0.105. The Morgan fingerprint density at radius 2 is 0.788 bits per heavy atom. The van der Waals surface area contributed by atoms with Crippen LogP contribution >= 0.6 is 0 Å². The number of ether oxygens (including phenoxy) is 2. The van der Waals surface area contributed by atoms with Gasteiger partial charge in [0.15, 0.2) is 0 Å². The van der Waals surface area contributed by atoms with Crippen LogP contribution in [0.1, 0.15) is 142 Å². The molecule has 0 unspecified atom stereocenters. The Hall–Kier alpha value is -1.10. The summed E-state index contributed by atoms with van der Waals surface area (Å²) < 4.78 is 10.5. The summed E-state index contributed by atoms with van der Waals surface area (Å²) in [5, 5.41) is 3.15. The molecule has 0 saturated carbocycles. The minimum Gasteiger partial charge on any atom is -0.464 e. The minimum absolute atomic E-state index is 0.105. The molecule has 0 aromatic rings. The fraction of sp³-hybridized carbons (Fsp3) is 0.929. The van der Waals surface area contributed by atoms with Gasteiger partial charge >= 0.3 is 11.9 Å². The Bertz CT molecular complexity index is 390. The molecule has 0 spiro atoms. The van der Waals surface area contributed by atoms with Crippen LogP contribution in [0.25, 0.3) is 0 Å². The van der Waals surface area contributed by atoms with Crippen LogP contribution in [0.15, 0.2) is 0 Å². The molecule has 0 atom stereocenters. The molecule has 0 heterocycles. The number of esters is 2. The van der Waals surface area contributed by atoms with Crippen molar-refractivity contribution < 1.29 is 19.1 Å². The molecule has 1 N–H and O–H groups in total. The number of unbranched alkanes of at least 4 members (excludes halogenated alkanes) is 16. The molecule has 0 amide bonds. The largest absolute Gasteiger partial charge is 0.464 e. The van der Waals surface area contributed by atoms with Gasteiger partial charge in [0.25, 0.3) is 0 Å². The zero-order chi connectivity index (χ0) is 24.2. The number of rotatable bonds is 26. The summed E-state index contributed by atoms with van der Waals surface area (Å²) in [5.41, 5.74) is 0. The van der Waals surface area contributed by atoms with Gasteiger partial charge in [0, 0.05) is 25.9 Å². The highest BCUT2D eigenvalue weighted by Gasteiger charge is 2.04. The summed E-state index contributed by atoms with van der Waals surface area (Å²) in [4.78, 5) is 23.5. The lowest BCUT2D eigenvalue weighted by atomic mass is 10.1. The fourth-order valence-electron chi connectivity index (χ4n) is 3.90. The molecule has 0 saturated heterocycles. The van der Waals surface area contributed by atoms with Crippen molar-refractivity contribution in [2.24, 2.45) is 0 Å². The van der Waals surface area contributed by atoms with Crippen LogP contribution in [0.2, 0.25) is 0 Å². The summed E-state index contributed by atoms with van der Waals surface area (Å²) in [5.74, 6) is -0.209. The smallest absolute Gasteiger partial charge is 0.305 e. The maximum atomic E-state index is 11.7. The van der Waals surface area contributed by atoms with E-state index in [1.807, 2.05) is 0 Å². The van der Waals surface area contributed by atoms with E-state index in [1.54, 1.807) is 0 Å². The van der Waals surface area contributed by atoms with E-state index in [-0.39, 0.29) is 11.9 Å². The molecule has 0 aliphatic carbocycles. The average Bonchev–Trinajstić information content (AvgIpc) is 2.81. The van der Waals surface area contributed by atoms with Gasteiger partial charge in [0.05, 0.1) is 0 Å². The molecular formula is C28H55NO4. The van der Waals surface area contributed by atoms with Crippen molar-refractivity contribution in [3.8, 4) is 0 Å². The van der Waals surface area contributed by atoms with Crippen molar-refractivity contribution in [2.45, 2.75) is 142 Å². The predicted molar refractivity (Wildman–Crippen MR) is 138 cm³/mol. The number of hydrogen-bond donors (Lipinski definition) is 1. The van der Waals surface area contributed by atoms with Crippen molar-refractivity contribution in [1.82, 2.24) is 5.32 Å². The Balaban J connectivity index is 3.26. The van der Waals surface area contributed by atoms with Crippen LogP contribution in [0, 0.1) is 0 Å². The first-order valence-corrected chi connectivity index (χ1v) is 14.2. The molecule has 0 aliphatic heterocycles. The SMILES string of the molecule is CCCCCCCCCCCC(=O)OCCNCCOC(=O)CCCCCCCCCCC. The zero-order valence-corrected chi connectivity index (χ0v) is 22.1. The molecule has 33 heavy (non-hydrogen) atoms. The second kappa shape index (κ2) is 27.1. The molecule has 0 aromatic carbocycles. The Morgan fingerprint density at radius 3 is 1.12 bits per heavy atom. The zero-order valence-electron chi connectivity index (χ0n) is 22.1. The molecule has 0 aliphatic rings. The number of hydrogen-bond acceptors (Lipinski definition) is 5. The Kier molecular flexibility index (Phi) is 26.2. The average molecular weight is 470 g/mol. The first-order valence-electron chi connectivity index (χ1n) is 14.2. The van der Waals surface area contributed by atoms with Crippen molar-refractivity contribution in [3.63, 3.8) is 0 Å². The highest BCUT2D eigenvalue weighted by molar-refractivity contribution is 5.69. The van der Waals surface area contributed by atoms with Crippen LogP contribution in [0.3, 0.4) is 0 Å². The van der Waals surface area contributed by atoms with Crippen molar-refractivity contribution in [3.05, 3.63) is 0 Å². The molecule has 0 fully saturated rings. The molecule has 0 bridgehead atoms. The monoisotopic (exact) mass is 469 g/mol. The van der Waals surface area contributed by atoms with E-state index < -0.39 is 0 Å². The summed E-state index contributed by atoms with van der Waals surface area (Å²) in [7, 11) is 0. The normalized spacial score (nSPS) is 11.0. The van der Waals surface area contributed by atoms with Crippen molar-refractivity contribution in [2.75, 3.05) is 26.3 Å². The van der Waals surface area contributed by atoms with E-state index in [1.165, 1.54) is 89.9 Å². The summed E-state index contributed by atoms with van der Waals surface area (Å²) in [6, 6.07) is 0. The minimum atomic E-state index is -0.105. The van der Waals surface area contributed by atoms with E-state index in [2.05, 4.69) is 19.2 Å². The first-order chi connectivity index (χ1) is 16.2. The van der Waals surface area contributed by atoms with Gasteiger partial charge in [0.2, 0.25) is 0 Å². The van der Waals surface area contributed by atoms with Gasteiger partial charge in [-0.3, -0.25) is 9.59 Å². The standard InChI is InChI=1S/C28H55NO4/c1-3-5-7-9-11-13-15-17-19-21-27(30)32-25-23-29-24-26-33-28(31)22-20-18-16-14-12-10-8-6-4-2/h29H,3-26H2,1-2H3. The van der Waals surface area contributed by atoms with Crippen LogP contribution < -0.4 is 5.32 Å². The topological polar surface area (TPSA) is 64.6 Å². The lowest BCUT2D eigenvalue weighted by Gasteiger charge is -2.08. The van der Waals surface area contributed by atoms with E-state index in [4.69, 9.17) is 9.47 Å². The third-order valence-electron chi connectivity index (χ3n) is 6.05. The van der Waals surface area contributed by atoms with Gasteiger partial charge in [-0.2, -0.15) is 0 Å². The van der Waals surface area contributed by atoms with E-state index >= 15 is 0 Å². The van der Waals surface area contributed by atoms with Gasteiger partial charge in [-0.1, -0.05) is 117 Å². The lowest BCUT2D eigenvalue weighted by molar-refractivity contribution is -0.143. The molecule has 0 aromatic heterocycles. The molecule has 5 heteroatoms. The number of carbonyl (C=O) groups is 2. The molecule has 0 rings (SSSR count). The Labute approximate surface area is 205 Å². The van der Waals surface area contributed by atoms with Crippen LogP contribution in [0.4, 0.5) is 0 Å². The van der Waals surface area contributed by atoms with E-state index in [9.17, 15) is 9.59 Å². The van der Waals surface area contributed by atoms with E-state index in [0.717, 1.165) is 25.7 Å². The number of carbonyl (C=O) groups excluding carboxylic acids is 2. The maximum absolute atomic E-state index is 11.7. The molecular weight excluding hydrogens is 414 g/mol. The van der Waals surface area contributed by atoms with Gasteiger partial charge in [-0.25, -0.2) is 0 Å². The predicted octanol–water partition coefficient (Wildman–Crippen LogP) is 7.50. The van der Waals surface area contributed by atoms with Crippen LogP contribution in [-0.2, 0) is 19.1 Å². The van der Waals surface area contributed by atoms with Crippen molar-refractivity contribution in [1.29, 1.82) is 0 Å². The number of nitrogens with one attached hydrogen (secondary N) is 1. The van der Waals surface area contributed by atoms with Crippen LogP contribution in [0.5, 0.6) is 0 Å². The van der Waals surface area contributed by atoms with Crippen molar-refractivity contribution >= 4 is 11.9 Å². The van der Waals surface area contributed by atoms with Gasteiger partial charge in [0.1, 0.15) is 13.2 Å². The summed E-state index contributed by atoms with van der Waals surface area (Å²) in [6.07, 6.45) is 23.5. The molecule has 196 valence electrons. The third-order valence-corrected chi connectivity index (χ3v) is 6.05. The fourth-order valence-corrected chi connectivity index (χ4v) is 3.90. The van der Waals surface area contributed by atoms with Gasteiger partial charge < -0.3 is 14.8 Å². The van der Waals surface area contributed by atoms with E-state index in [0.29, 0.717) is 39.1 Å². The second-order valence-electron chi connectivity index (χ2n) is 9.35. The Morgan fingerprint density at radius 1 is 0.485 bits per heavy atom. The molecule has 0 radical (unpaired) electrons. The second-order valence-corrected chi connectivity index (χ2v) is 9.35. The highest BCUT2D eigenvalue weighted by Crippen LogP contribution is 2.11. The third kappa shape index (κ3) is 27.0. The van der Waals surface area contributed by atoms with Gasteiger partial charge in [-0.15, -0.1) is 0 Å². The summed E-state index contributed by atoms with van der Waals surface area (Å²) in [6.45, 7) is 6.43.